The Morgan fingerprint density at radius 2 is 1.90 bits per heavy atom. The first-order chi connectivity index (χ1) is 9.37. The van der Waals surface area contributed by atoms with Gasteiger partial charge in [0, 0.05) is 10.9 Å². The summed E-state index contributed by atoms with van der Waals surface area (Å²) in [4.78, 5) is 23.1. The monoisotopic (exact) mass is 341 g/mol. The van der Waals surface area contributed by atoms with Gasteiger partial charge in [0.15, 0.2) is 0 Å². The first-order valence-corrected chi connectivity index (χ1v) is 7.45. The summed E-state index contributed by atoms with van der Waals surface area (Å²) < 4.78 is 0.993. The summed E-state index contributed by atoms with van der Waals surface area (Å²) in [6, 6.07) is 7.73. The Balaban J connectivity index is 2.54. The summed E-state index contributed by atoms with van der Waals surface area (Å²) in [5.74, 6) is -1.22. The van der Waals surface area contributed by atoms with Crippen LogP contribution in [0.4, 0.5) is 0 Å². The van der Waals surface area contributed by atoms with E-state index in [1.54, 1.807) is 6.92 Å². The topological polar surface area (TPSA) is 66.4 Å². The van der Waals surface area contributed by atoms with Gasteiger partial charge in [-0.2, -0.15) is 0 Å². The Morgan fingerprint density at radius 3 is 2.40 bits per heavy atom. The molecule has 20 heavy (non-hydrogen) atoms. The van der Waals surface area contributed by atoms with Gasteiger partial charge in [0.05, 0.1) is 0 Å². The van der Waals surface area contributed by atoms with Gasteiger partial charge >= 0.3 is 5.97 Å². The quantitative estimate of drug-likeness (QED) is 0.800. The van der Waals surface area contributed by atoms with Crippen molar-refractivity contribution < 1.29 is 14.7 Å². The molecule has 0 saturated carbocycles. The van der Waals surface area contributed by atoms with Crippen molar-refractivity contribution in [3.05, 3.63) is 34.3 Å². The number of aryl methyl sites for hydroxylation is 1. The van der Waals surface area contributed by atoms with E-state index in [-0.39, 0.29) is 12.3 Å². The van der Waals surface area contributed by atoms with Crippen LogP contribution < -0.4 is 5.32 Å². The summed E-state index contributed by atoms with van der Waals surface area (Å²) in [7, 11) is 0. The lowest BCUT2D eigenvalue weighted by Crippen LogP contribution is -2.52. The minimum atomic E-state index is -1.18. The van der Waals surface area contributed by atoms with Crippen molar-refractivity contribution in [3.63, 3.8) is 0 Å². The number of rotatable bonds is 7. The smallest absolute Gasteiger partial charge is 0.329 e. The molecule has 0 aliphatic rings. The van der Waals surface area contributed by atoms with Crippen LogP contribution in [0.25, 0.3) is 0 Å². The van der Waals surface area contributed by atoms with Crippen molar-refractivity contribution in [3.8, 4) is 0 Å². The molecule has 1 aromatic carbocycles. The number of aliphatic carboxylic acids is 1. The fourth-order valence-corrected chi connectivity index (χ4v) is 2.27. The molecule has 0 bridgehead atoms. The lowest BCUT2D eigenvalue weighted by atomic mass is 9.96. The van der Waals surface area contributed by atoms with E-state index in [1.807, 2.05) is 31.2 Å². The van der Waals surface area contributed by atoms with Crippen molar-refractivity contribution in [2.45, 2.75) is 45.1 Å². The number of nitrogens with one attached hydrogen (secondary N) is 1. The van der Waals surface area contributed by atoms with Crippen molar-refractivity contribution in [2.75, 3.05) is 0 Å². The highest BCUT2D eigenvalue weighted by atomic mass is 79.9. The van der Waals surface area contributed by atoms with Gasteiger partial charge < -0.3 is 10.4 Å². The lowest BCUT2D eigenvalue weighted by molar-refractivity contribution is -0.147. The maximum absolute atomic E-state index is 11.9. The Hall–Kier alpha value is -1.36. The number of carbonyl (C=O) groups is 2. The molecule has 1 amide bonds. The SMILES string of the molecule is CCCC(C)(NC(=O)CCc1ccc(Br)cc1)C(=O)O. The Bertz CT molecular complexity index is 473. The van der Waals surface area contributed by atoms with Crippen molar-refractivity contribution in [1.82, 2.24) is 5.32 Å². The molecule has 1 rings (SSSR count). The molecule has 0 heterocycles. The third-order valence-corrected chi connectivity index (χ3v) is 3.72. The number of carboxylic acids is 1. The summed E-state index contributed by atoms with van der Waals surface area (Å²) >= 11 is 3.35. The number of hydrogen-bond donors (Lipinski definition) is 2. The number of amides is 1. The number of hydrogen-bond acceptors (Lipinski definition) is 2. The molecule has 110 valence electrons. The maximum atomic E-state index is 11.9. The van der Waals surface area contributed by atoms with Crippen molar-refractivity contribution in [2.24, 2.45) is 0 Å². The molecule has 0 radical (unpaired) electrons. The number of carbonyl (C=O) groups excluding carboxylic acids is 1. The number of carboxylic acid groups (broad SMARTS) is 1. The second-order valence-corrected chi connectivity index (χ2v) is 5.98. The van der Waals surface area contributed by atoms with E-state index in [9.17, 15) is 14.7 Å². The van der Waals surface area contributed by atoms with Crippen LogP contribution in [0.2, 0.25) is 0 Å². The van der Waals surface area contributed by atoms with E-state index in [0.29, 0.717) is 19.3 Å². The number of halogens is 1. The van der Waals surface area contributed by atoms with Gasteiger partial charge in [0.2, 0.25) is 5.91 Å². The molecule has 0 aliphatic carbocycles. The molecule has 0 aromatic heterocycles. The molecule has 2 N–H and O–H groups in total. The van der Waals surface area contributed by atoms with E-state index in [0.717, 1.165) is 10.0 Å². The van der Waals surface area contributed by atoms with E-state index in [4.69, 9.17) is 0 Å². The highest BCUT2D eigenvalue weighted by Crippen LogP contribution is 2.14. The summed E-state index contributed by atoms with van der Waals surface area (Å²) in [5, 5.41) is 11.8. The van der Waals surface area contributed by atoms with E-state index < -0.39 is 11.5 Å². The van der Waals surface area contributed by atoms with Gasteiger partial charge in [0.1, 0.15) is 5.54 Å². The summed E-state index contributed by atoms with van der Waals surface area (Å²) in [6.07, 6.45) is 2.01. The zero-order valence-electron chi connectivity index (χ0n) is 11.8. The highest BCUT2D eigenvalue weighted by Gasteiger charge is 2.33. The second kappa shape index (κ2) is 7.43. The average molecular weight is 342 g/mol. The molecule has 4 nitrogen and oxygen atoms in total. The highest BCUT2D eigenvalue weighted by molar-refractivity contribution is 9.10. The van der Waals surface area contributed by atoms with E-state index in [2.05, 4.69) is 21.2 Å². The van der Waals surface area contributed by atoms with Crippen LogP contribution in [-0.2, 0) is 16.0 Å². The first kappa shape index (κ1) is 16.7. The zero-order chi connectivity index (χ0) is 15.2. The van der Waals surface area contributed by atoms with Gasteiger partial charge in [-0.15, -0.1) is 0 Å². The predicted molar refractivity (Wildman–Crippen MR) is 81.6 cm³/mol. The van der Waals surface area contributed by atoms with Gasteiger partial charge in [0.25, 0.3) is 0 Å². The zero-order valence-corrected chi connectivity index (χ0v) is 13.4. The van der Waals surface area contributed by atoms with Crippen molar-refractivity contribution in [1.29, 1.82) is 0 Å². The number of benzene rings is 1. The molecule has 1 unspecified atom stereocenters. The third kappa shape index (κ3) is 4.96. The fourth-order valence-electron chi connectivity index (χ4n) is 2.00. The lowest BCUT2D eigenvalue weighted by Gasteiger charge is -2.25. The minimum Gasteiger partial charge on any atom is -0.480 e. The molecular formula is C15H20BrNO3. The van der Waals surface area contributed by atoms with Gasteiger partial charge in [-0.05, 0) is 37.5 Å². The molecule has 1 atom stereocenters. The molecule has 0 spiro atoms. The molecule has 0 fully saturated rings. The molecular weight excluding hydrogens is 322 g/mol. The van der Waals surface area contributed by atoms with E-state index in [1.165, 1.54) is 0 Å². The van der Waals surface area contributed by atoms with Crippen molar-refractivity contribution >= 4 is 27.8 Å². The first-order valence-electron chi connectivity index (χ1n) is 6.66. The molecule has 0 aliphatic heterocycles. The van der Waals surface area contributed by atoms with E-state index >= 15 is 0 Å². The predicted octanol–water partition coefficient (Wildman–Crippen LogP) is 3.14. The largest absolute Gasteiger partial charge is 0.480 e. The molecule has 1 aromatic rings. The maximum Gasteiger partial charge on any atom is 0.329 e. The van der Waals surface area contributed by atoms with Gasteiger partial charge in [-0.25, -0.2) is 4.79 Å². The standard InChI is InChI=1S/C15H20BrNO3/c1-3-10-15(2,14(19)20)17-13(18)9-6-11-4-7-12(16)8-5-11/h4-5,7-8H,3,6,9-10H2,1-2H3,(H,17,18)(H,19,20). The summed E-state index contributed by atoms with van der Waals surface area (Å²) in [5.41, 5.74) is -0.123. The Labute approximate surface area is 127 Å². The van der Waals surface area contributed by atoms with Crippen LogP contribution in [0.15, 0.2) is 28.7 Å². The van der Waals surface area contributed by atoms with Crippen LogP contribution in [0.3, 0.4) is 0 Å². The van der Waals surface area contributed by atoms with Gasteiger partial charge in [-0.3, -0.25) is 4.79 Å². The third-order valence-electron chi connectivity index (χ3n) is 3.19. The second-order valence-electron chi connectivity index (χ2n) is 5.06. The van der Waals surface area contributed by atoms with Crippen LogP contribution >= 0.6 is 15.9 Å². The van der Waals surface area contributed by atoms with Crippen LogP contribution in [0.1, 0.15) is 38.7 Å². The van der Waals surface area contributed by atoms with Gasteiger partial charge in [-0.1, -0.05) is 41.4 Å². The van der Waals surface area contributed by atoms with Crippen LogP contribution in [-0.4, -0.2) is 22.5 Å². The fraction of sp³-hybridized carbons (Fsp3) is 0.467. The average Bonchev–Trinajstić information content (AvgIpc) is 2.38. The molecule has 0 saturated heterocycles. The van der Waals surface area contributed by atoms with Crippen LogP contribution in [0, 0.1) is 0 Å². The Kier molecular flexibility index (Phi) is 6.20. The molecule has 5 heteroatoms. The Morgan fingerprint density at radius 1 is 1.30 bits per heavy atom. The minimum absolute atomic E-state index is 0.230. The summed E-state index contributed by atoms with van der Waals surface area (Å²) in [6.45, 7) is 3.45. The van der Waals surface area contributed by atoms with Crippen LogP contribution in [0.5, 0.6) is 0 Å². The normalized spacial score (nSPS) is 13.6.